The normalized spacial score (nSPS) is 28.9. The van der Waals surface area contributed by atoms with E-state index < -0.39 is 0 Å². The first-order chi connectivity index (χ1) is 9.69. The molecule has 2 heterocycles. The maximum atomic E-state index is 12.2. The number of aryl methyl sites for hydroxylation is 1. The van der Waals surface area contributed by atoms with Crippen LogP contribution in [0.5, 0.6) is 0 Å². The molecule has 1 aromatic rings. The fourth-order valence-corrected chi connectivity index (χ4v) is 3.17. The molecule has 1 N–H and O–H groups in total. The Morgan fingerprint density at radius 1 is 1.50 bits per heavy atom. The Bertz CT molecular complexity index is 482. The molecule has 4 nitrogen and oxygen atoms in total. The van der Waals surface area contributed by atoms with E-state index in [-0.39, 0.29) is 18.6 Å². The third kappa shape index (κ3) is 2.75. The van der Waals surface area contributed by atoms with E-state index in [0.29, 0.717) is 18.8 Å². The lowest BCUT2D eigenvalue weighted by Gasteiger charge is -2.22. The zero-order valence-corrected chi connectivity index (χ0v) is 12.0. The van der Waals surface area contributed by atoms with Crippen LogP contribution >= 0.6 is 0 Å². The van der Waals surface area contributed by atoms with Gasteiger partial charge in [0.15, 0.2) is 0 Å². The highest BCUT2D eigenvalue weighted by molar-refractivity contribution is 5.77. The molecule has 110 valence electrons. The van der Waals surface area contributed by atoms with Gasteiger partial charge in [-0.2, -0.15) is 0 Å². The number of furan rings is 1. The molecule has 1 aliphatic heterocycles. The van der Waals surface area contributed by atoms with Crippen molar-refractivity contribution in [3.05, 3.63) is 23.7 Å². The van der Waals surface area contributed by atoms with Gasteiger partial charge < -0.3 is 14.4 Å². The van der Waals surface area contributed by atoms with Crippen molar-refractivity contribution >= 4 is 5.91 Å². The second kappa shape index (κ2) is 5.60. The molecule has 1 aliphatic carbocycles. The minimum Gasteiger partial charge on any atom is -0.466 e. The summed E-state index contributed by atoms with van der Waals surface area (Å²) in [6, 6.07) is 4.09. The van der Waals surface area contributed by atoms with Crippen LogP contribution in [0.2, 0.25) is 0 Å². The van der Waals surface area contributed by atoms with E-state index in [1.165, 1.54) is 6.42 Å². The average Bonchev–Trinajstić information content (AvgIpc) is 2.89. The van der Waals surface area contributed by atoms with Crippen molar-refractivity contribution in [2.45, 2.75) is 51.0 Å². The zero-order chi connectivity index (χ0) is 14.1. The fourth-order valence-electron chi connectivity index (χ4n) is 3.17. The van der Waals surface area contributed by atoms with Gasteiger partial charge in [0.1, 0.15) is 11.5 Å². The van der Waals surface area contributed by atoms with Crippen LogP contribution in [0.3, 0.4) is 0 Å². The number of rotatable bonds is 5. The largest absolute Gasteiger partial charge is 0.466 e. The van der Waals surface area contributed by atoms with Crippen LogP contribution in [-0.2, 0) is 11.2 Å². The minimum absolute atomic E-state index is 0.0296. The molecule has 1 aromatic heterocycles. The summed E-state index contributed by atoms with van der Waals surface area (Å²) in [4.78, 5) is 14.0. The van der Waals surface area contributed by atoms with Crippen LogP contribution in [0.25, 0.3) is 0 Å². The smallest absolute Gasteiger partial charge is 0.223 e. The standard InChI is InChI=1S/C16H23NO3/c1-11-9-14(11)15-6-4-13(20-15)5-7-16(19)17-8-2-3-12(17)10-18/h4,6,11-12,14,18H,2-3,5,7-10H2,1H3. The predicted octanol–water partition coefficient (Wildman–Crippen LogP) is 2.32. The first-order valence-electron chi connectivity index (χ1n) is 7.68. The molecule has 3 rings (SSSR count). The van der Waals surface area contributed by atoms with Gasteiger partial charge in [-0.15, -0.1) is 0 Å². The average molecular weight is 277 g/mol. The summed E-state index contributed by atoms with van der Waals surface area (Å²) in [6.45, 7) is 3.10. The summed E-state index contributed by atoms with van der Waals surface area (Å²) in [5.41, 5.74) is 0. The van der Waals surface area contributed by atoms with Gasteiger partial charge in [0, 0.05) is 25.3 Å². The second-order valence-corrected chi connectivity index (χ2v) is 6.19. The Morgan fingerprint density at radius 2 is 2.30 bits per heavy atom. The number of aliphatic hydroxyl groups is 1. The molecule has 0 radical (unpaired) electrons. The van der Waals surface area contributed by atoms with Gasteiger partial charge >= 0.3 is 0 Å². The van der Waals surface area contributed by atoms with Gasteiger partial charge in [0.25, 0.3) is 0 Å². The molecule has 0 aromatic carbocycles. The fraction of sp³-hybridized carbons (Fsp3) is 0.688. The monoisotopic (exact) mass is 277 g/mol. The Kier molecular flexibility index (Phi) is 3.83. The van der Waals surface area contributed by atoms with Crippen LogP contribution in [0.4, 0.5) is 0 Å². The molecule has 2 aliphatic rings. The van der Waals surface area contributed by atoms with Crippen LogP contribution in [0.1, 0.15) is 50.0 Å². The first kappa shape index (κ1) is 13.7. The molecule has 0 spiro atoms. The van der Waals surface area contributed by atoms with Crippen LogP contribution in [0.15, 0.2) is 16.5 Å². The Morgan fingerprint density at radius 3 is 3.00 bits per heavy atom. The third-order valence-corrected chi connectivity index (χ3v) is 4.65. The van der Waals surface area contributed by atoms with Crippen molar-refractivity contribution in [1.82, 2.24) is 4.90 Å². The number of carbonyl (C=O) groups is 1. The number of nitrogens with zero attached hydrogens (tertiary/aromatic N) is 1. The van der Waals surface area contributed by atoms with E-state index in [2.05, 4.69) is 13.0 Å². The molecule has 0 bridgehead atoms. The SMILES string of the molecule is CC1CC1c1ccc(CCC(=O)N2CCCC2CO)o1. The van der Waals surface area contributed by atoms with Gasteiger partial charge in [0.2, 0.25) is 5.91 Å². The lowest BCUT2D eigenvalue weighted by molar-refractivity contribution is -0.132. The molecule has 1 saturated carbocycles. The van der Waals surface area contributed by atoms with Gasteiger partial charge in [0.05, 0.1) is 12.6 Å². The summed E-state index contributed by atoms with van der Waals surface area (Å²) in [6.07, 6.45) is 4.28. The molecular formula is C16H23NO3. The van der Waals surface area contributed by atoms with Crippen LogP contribution < -0.4 is 0 Å². The molecule has 3 unspecified atom stereocenters. The molecular weight excluding hydrogens is 254 g/mol. The Balaban J connectivity index is 1.51. The van der Waals surface area contributed by atoms with E-state index in [0.717, 1.165) is 36.8 Å². The number of amides is 1. The van der Waals surface area contributed by atoms with Gasteiger partial charge in [-0.3, -0.25) is 4.79 Å². The van der Waals surface area contributed by atoms with Crippen molar-refractivity contribution in [3.63, 3.8) is 0 Å². The number of hydrogen-bond acceptors (Lipinski definition) is 3. The molecule has 1 saturated heterocycles. The lowest BCUT2D eigenvalue weighted by atomic mass is 10.2. The minimum atomic E-state index is 0.0296. The molecule has 1 amide bonds. The molecule has 3 atom stereocenters. The second-order valence-electron chi connectivity index (χ2n) is 6.19. The van der Waals surface area contributed by atoms with Gasteiger partial charge in [-0.25, -0.2) is 0 Å². The maximum Gasteiger partial charge on any atom is 0.223 e. The number of likely N-dealkylation sites (tertiary alicyclic amines) is 1. The molecule has 20 heavy (non-hydrogen) atoms. The molecule has 4 heteroatoms. The Hall–Kier alpha value is -1.29. The van der Waals surface area contributed by atoms with Crippen molar-refractivity contribution in [2.75, 3.05) is 13.2 Å². The highest BCUT2D eigenvalue weighted by atomic mass is 16.3. The summed E-state index contributed by atoms with van der Waals surface area (Å²) in [5, 5.41) is 9.25. The first-order valence-corrected chi connectivity index (χ1v) is 7.68. The number of carbonyl (C=O) groups excluding carboxylic acids is 1. The topological polar surface area (TPSA) is 53.7 Å². The third-order valence-electron chi connectivity index (χ3n) is 4.65. The van der Waals surface area contributed by atoms with Gasteiger partial charge in [-0.1, -0.05) is 6.92 Å². The van der Waals surface area contributed by atoms with Crippen molar-refractivity contribution in [1.29, 1.82) is 0 Å². The van der Waals surface area contributed by atoms with E-state index in [1.54, 1.807) is 0 Å². The highest BCUT2D eigenvalue weighted by Crippen LogP contribution is 2.47. The van der Waals surface area contributed by atoms with Crippen LogP contribution in [-0.4, -0.2) is 35.1 Å². The quantitative estimate of drug-likeness (QED) is 0.898. The molecule has 2 fully saturated rings. The van der Waals surface area contributed by atoms with Crippen molar-refractivity contribution in [3.8, 4) is 0 Å². The van der Waals surface area contributed by atoms with Gasteiger partial charge in [-0.05, 0) is 37.3 Å². The maximum absolute atomic E-state index is 12.2. The van der Waals surface area contributed by atoms with E-state index >= 15 is 0 Å². The Labute approximate surface area is 119 Å². The summed E-state index contributed by atoms with van der Waals surface area (Å²) >= 11 is 0. The number of hydrogen-bond donors (Lipinski definition) is 1. The highest BCUT2D eigenvalue weighted by Gasteiger charge is 2.36. The van der Waals surface area contributed by atoms with Crippen molar-refractivity contribution < 1.29 is 14.3 Å². The summed E-state index contributed by atoms with van der Waals surface area (Å²) in [7, 11) is 0. The summed E-state index contributed by atoms with van der Waals surface area (Å²) < 4.78 is 5.82. The number of aliphatic hydroxyl groups excluding tert-OH is 1. The van der Waals surface area contributed by atoms with E-state index in [4.69, 9.17) is 4.42 Å². The summed E-state index contributed by atoms with van der Waals surface area (Å²) in [5.74, 6) is 3.46. The van der Waals surface area contributed by atoms with E-state index in [9.17, 15) is 9.90 Å². The predicted molar refractivity (Wildman–Crippen MR) is 75.4 cm³/mol. The lowest BCUT2D eigenvalue weighted by Crippen LogP contribution is -2.37. The zero-order valence-electron chi connectivity index (χ0n) is 12.0. The van der Waals surface area contributed by atoms with Crippen molar-refractivity contribution in [2.24, 2.45) is 5.92 Å². The van der Waals surface area contributed by atoms with E-state index in [1.807, 2.05) is 11.0 Å². The van der Waals surface area contributed by atoms with Crippen LogP contribution in [0, 0.1) is 5.92 Å².